The van der Waals surface area contributed by atoms with Gasteiger partial charge in [-0.1, -0.05) is 23.9 Å². The molecule has 6 nitrogen and oxygen atoms in total. The van der Waals surface area contributed by atoms with E-state index in [0.29, 0.717) is 6.42 Å². The minimum absolute atomic E-state index is 0.0257. The molecule has 0 aromatic heterocycles. The summed E-state index contributed by atoms with van der Waals surface area (Å²) in [5.41, 5.74) is -1.07. The summed E-state index contributed by atoms with van der Waals surface area (Å²) < 4.78 is 31.6. The number of oxime groups is 1. The summed E-state index contributed by atoms with van der Waals surface area (Å²) >= 11 is 0. The molecule has 1 amide bonds. The third-order valence-electron chi connectivity index (χ3n) is 4.56. The second kappa shape index (κ2) is 7.30. The SMILES string of the molecule is C=CC1(C(=O)NC2C=CC(C(=O)OC)C2)CC(c2cc(F)cc(F)c2)=NO1. The molecule has 142 valence electrons. The van der Waals surface area contributed by atoms with E-state index in [1.54, 1.807) is 12.2 Å². The van der Waals surface area contributed by atoms with E-state index in [9.17, 15) is 18.4 Å². The van der Waals surface area contributed by atoms with E-state index in [1.165, 1.54) is 13.2 Å². The molecule has 1 heterocycles. The number of rotatable bonds is 5. The van der Waals surface area contributed by atoms with Crippen LogP contribution in [0.4, 0.5) is 8.78 Å². The van der Waals surface area contributed by atoms with E-state index in [2.05, 4.69) is 21.8 Å². The van der Waals surface area contributed by atoms with Crippen LogP contribution in [0.5, 0.6) is 0 Å². The van der Waals surface area contributed by atoms with Crippen LogP contribution in [0, 0.1) is 17.6 Å². The van der Waals surface area contributed by atoms with Crippen molar-refractivity contribution in [2.75, 3.05) is 7.11 Å². The quantitative estimate of drug-likeness (QED) is 0.632. The zero-order valence-corrected chi connectivity index (χ0v) is 14.6. The molecule has 1 aromatic rings. The van der Waals surface area contributed by atoms with Gasteiger partial charge in [-0.05, 0) is 24.6 Å². The second-order valence-corrected chi connectivity index (χ2v) is 6.39. The topological polar surface area (TPSA) is 77.0 Å². The van der Waals surface area contributed by atoms with Crippen LogP contribution in [0.2, 0.25) is 0 Å². The summed E-state index contributed by atoms with van der Waals surface area (Å²) in [6, 6.07) is 2.60. The van der Waals surface area contributed by atoms with Crippen LogP contribution in [0.15, 0.2) is 48.2 Å². The highest BCUT2D eigenvalue weighted by Crippen LogP contribution is 2.30. The Morgan fingerprint density at radius 2 is 2.04 bits per heavy atom. The lowest BCUT2D eigenvalue weighted by Crippen LogP contribution is -2.48. The first kappa shape index (κ1) is 18.8. The van der Waals surface area contributed by atoms with E-state index < -0.39 is 29.1 Å². The standard InChI is InChI=1S/C19H18F2N2O4/c1-3-19(18(25)22-15-5-4-11(8-15)17(24)26-2)10-16(23-27-19)12-6-13(20)9-14(21)7-12/h3-7,9,11,15H,1,8,10H2,2H3,(H,22,25). The Hall–Kier alpha value is -3.03. The number of hydrogen-bond acceptors (Lipinski definition) is 5. The molecule has 3 rings (SSSR count). The van der Waals surface area contributed by atoms with Gasteiger partial charge in [0.15, 0.2) is 0 Å². The van der Waals surface area contributed by atoms with Crippen molar-refractivity contribution in [3.8, 4) is 0 Å². The Morgan fingerprint density at radius 3 is 2.67 bits per heavy atom. The molecule has 1 aliphatic heterocycles. The maximum absolute atomic E-state index is 13.4. The van der Waals surface area contributed by atoms with Crippen LogP contribution in [0.25, 0.3) is 0 Å². The Balaban J connectivity index is 1.69. The van der Waals surface area contributed by atoms with Gasteiger partial charge in [0.25, 0.3) is 5.91 Å². The average Bonchev–Trinajstić information content (AvgIpc) is 3.28. The number of hydrogen-bond donors (Lipinski definition) is 1. The van der Waals surface area contributed by atoms with Crippen LogP contribution in [0.3, 0.4) is 0 Å². The molecule has 2 aliphatic rings. The maximum atomic E-state index is 13.4. The van der Waals surface area contributed by atoms with Crippen LogP contribution in [-0.4, -0.2) is 36.3 Å². The summed E-state index contributed by atoms with van der Waals surface area (Å²) in [6.45, 7) is 3.63. The predicted molar refractivity (Wildman–Crippen MR) is 92.7 cm³/mol. The number of nitrogens with one attached hydrogen (secondary N) is 1. The first-order chi connectivity index (χ1) is 12.9. The van der Waals surface area contributed by atoms with Crippen LogP contribution in [0.1, 0.15) is 18.4 Å². The van der Waals surface area contributed by atoms with Crippen molar-refractivity contribution in [3.63, 3.8) is 0 Å². The minimum atomic E-state index is -1.49. The van der Waals surface area contributed by atoms with Gasteiger partial charge in [0, 0.05) is 24.1 Å². The highest BCUT2D eigenvalue weighted by Gasteiger charge is 2.45. The van der Waals surface area contributed by atoms with Crippen molar-refractivity contribution in [3.05, 3.63) is 60.2 Å². The maximum Gasteiger partial charge on any atom is 0.312 e. The smallest absolute Gasteiger partial charge is 0.312 e. The average molecular weight is 376 g/mol. The number of ether oxygens (including phenoxy) is 1. The van der Waals surface area contributed by atoms with E-state index in [0.717, 1.165) is 18.2 Å². The molecule has 0 saturated carbocycles. The van der Waals surface area contributed by atoms with Crippen molar-refractivity contribution < 1.29 is 27.9 Å². The molecular formula is C19H18F2N2O4. The lowest BCUT2D eigenvalue weighted by atomic mass is 9.92. The zero-order valence-electron chi connectivity index (χ0n) is 14.6. The van der Waals surface area contributed by atoms with Gasteiger partial charge in [-0.15, -0.1) is 0 Å². The zero-order chi connectivity index (χ0) is 19.6. The molecule has 1 aliphatic carbocycles. The molecule has 27 heavy (non-hydrogen) atoms. The van der Waals surface area contributed by atoms with Crippen molar-refractivity contribution in [1.82, 2.24) is 5.32 Å². The van der Waals surface area contributed by atoms with E-state index in [4.69, 9.17) is 4.84 Å². The Bertz CT molecular complexity index is 832. The van der Waals surface area contributed by atoms with Gasteiger partial charge < -0.3 is 14.9 Å². The predicted octanol–water partition coefficient (Wildman–Crippen LogP) is 2.25. The summed E-state index contributed by atoms with van der Waals surface area (Å²) in [6.07, 6.45) is 5.01. The third-order valence-corrected chi connectivity index (χ3v) is 4.56. The normalized spacial score (nSPS) is 26.3. The molecule has 0 bridgehead atoms. The van der Waals surface area contributed by atoms with Crippen molar-refractivity contribution in [2.24, 2.45) is 11.1 Å². The van der Waals surface area contributed by atoms with E-state index in [-0.39, 0.29) is 29.7 Å². The minimum Gasteiger partial charge on any atom is -0.469 e. The van der Waals surface area contributed by atoms with Gasteiger partial charge in [0.05, 0.1) is 18.7 Å². The number of halogens is 2. The Morgan fingerprint density at radius 1 is 1.33 bits per heavy atom. The monoisotopic (exact) mass is 376 g/mol. The number of methoxy groups -OCH3 is 1. The number of amides is 1. The lowest BCUT2D eigenvalue weighted by molar-refractivity contribution is -0.144. The van der Waals surface area contributed by atoms with Crippen LogP contribution >= 0.6 is 0 Å². The summed E-state index contributed by atoms with van der Waals surface area (Å²) in [5, 5.41) is 6.59. The van der Waals surface area contributed by atoms with E-state index in [1.807, 2.05) is 0 Å². The van der Waals surface area contributed by atoms with E-state index >= 15 is 0 Å². The number of esters is 1. The summed E-state index contributed by atoms with van der Waals surface area (Å²) in [5.74, 6) is -2.81. The lowest BCUT2D eigenvalue weighted by Gasteiger charge is -2.23. The van der Waals surface area contributed by atoms with Crippen molar-refractivity contribution in [1.29, 1.82) is 0 Å². The molecule has 1 N–H and O–H groups in total. The highest BCUT2D eigenvalue weighted by atomic mass is 19.1. The van der Waals surface area contributed by atoms with Crippen molar-refractivity contribution in [2.45, 2.75) is 24.5 Å². The first-order valence-corrected chi connectivity index (χ1v) is 8.29. The highest BCUT2D eigenvalue weighted by molar-refractivity contribution is 6.06. The van der Waals surface area contributed by atoms with Crippen molar-refractivity contribution >= 4 is 17.6 Å². The first-order valence-electron chi connectivity index (χ1n) is 8.29. The molecule has 3 unspecified atom stereocenters. The Labute approximate surface area is 154 Å². The van der Waals surface area contributed by atoms with Crippen LogP contribution < -0.4 is 5.32 Å². The summed E-state index contributed by atoms with van der Waals surface area (Å²) in [7, 11) is 1.30. The second-order valence-electron chi connectivity index (χ2n) is 6.39. The number of nitrogens with zero attached hydrogens (tertiary/aromatic N) is 1. The fraction of sp³-hybridized carbons (Fsp3) is 0.316. The van der Waals surface area contributed by atoms with Gasteiger partial charge in [0.1, 0.15) is 11.6 Å². The van der Waals surface area contributed by atoms with Gasteiger partial charge in [-0.2, -0.15) is 0 Å². The molecule has 0 spiro atoms. The molecule has 0 fully saturated rings. The largest absolute Gasteiger partial charge is 0.469 e. The molecular weight excluding hydrogens is 358 g/mol. The molecule has 0 saturated heterocycles. The molecule has 8 heteroatoms. The van der Waals surface area contributed by atoms with Gasteiger partial charge in [-0.25, -0.2) is 8.78 Å². The fourth-order valence-electron chi connectivity index (χ4n) is 3.07. The van der Waals surface area contributed by atoms with Crippen LogP contribution in [-0.2, 0) is 19.2 Å². The number of benzene rings is 1. The number of carbonyl (C=O) groups is 2. The van der Waals surface area contributed by atoms with Gasteiger partial charge >= 0.3 is 5.97 Å². The molecule has 3 atom stereocenters. The van der Waals surface area contributed by atoms with Gasteiger partial charge in [-0.3, -0.25) is 9.59 Å². The number of carbonyl (C=O) groups excluding carboxylic acids is 2. The van der Waals surface area contributed by atoms with Gasteiger partial charge in [0.2, 0.25) is 5.60 Å². The fourth-order valence-corrected chi connectivity index (χ4v) is 3.07. The third kappa shape index (κ3) is 3.74. The summed E-state index contributed by atoms with van der Waals surface area (Å²) in [4.78, 5) is 29.6. The molecule has 0 radical (unpaired) electrons. The molecule has 1 aromatic carbocycles. The Kier molecular flexibility index (Phi) is 5.07.